The van der Waals surface area contributed by atoms with Crippen LogP contribution in [0.5, 0.6) is 0 Å². The number of fused-ring (bicyclic) bond motifs is 1. The Bertz CT molecular complexity index is 337. The fraction of sp³-hybridized carbons (Fsp3) is 0.556. The zero-order valence-electron chi connectivity index (χ0n) is 7.99. The van der Waals surface area contributed by atoms with Crippen molar-refractivity contribution in [2.75, 3.05) is 18.5 Å². The fourth-order valence-electron chi connectivity index (χ4n) is 1.61. The molecule has 0 radical (unpaired) electrons. The van der Waals surface area contributed by atoms with Crippen LogP contribution in [0, 0.1) is 0 Å². The van der Waals surface area contributed by atoms with Gasteiger partial charge in [-0.3, -0.25) is 4.79 Å². The molecule has 5 nitrogen and oxygen atoms in total. The molecule has 5 heteroatoms. The number of carbonyl (C=O) groups is 1. The summed E-state index contributed by atoms with van der Waals surface area (Å²) in [4.78, 5) is 16.2. The van der Waals surface area contributed by atoms with Crippen molar-refractivity contribution in [2.24, 2.45) is 0 Å². The molecule has 1 heterocycles. The van der Waals surface area contributed by atoms with E-state index in [9.17, 15) is 4.79 Å². The lowest BCUT2D eigenvalue weighted by Crippen LogP contribution is -2.25. The lowest BCUT2D eigenvalue weighted by atomic mass is 10.4. The summed E-state index contributed by atoms with van der Waals surface area (Å²) in [5, 5.41) is 8.58. The number of aryl methyl sites for hydroxylation is 2. The molecule has 0 atom stereocenters. The molecule has 2 rings (SSSR count). The van der Waals surface area contributed by atoms with Gasteiger partial charge in [-0.05, 0) is 12.8 Å². The maximum Gasteiger partial charge on any atom is 0.323 e. The first-order valence-corrected chi connectivity index (χ1v) is 4.58. The minimum absolute atomic E-state index is 0.0839. The van der Waals surface area contributed by atoms with Gasteiger partial charge in [-0.25, -0.2) is 0 Å². The van der Waals surface area contributed by atoms with Gasteiger partial charge in [0.25, 0.3) is 6.01 Å². The average molecular weight is 196 g/mol. The first-order valence-electron chi connectivity index (χ1n) is 4.58. The standard InChI is InChI=1S/C9H12N2O3/c1-11(5-8(12)13)9-10-6-3-2-4-7(6)14-9/h2-5H2,1H3,(H,12,13). The van der Waals surface area contributed by atoms with Gasteiger partial charge in [0.2, 0.25) is 0 Å². The second-order valence-corrected chi connectivity index (χ2v) is 3.47. The van der Waals surface area contributed by atoms with E-state index in [-0.39, 0.29) is 6.54 Å². The molecule has 1 aliphatic carbocycles. The lowest BCUT2D eigenvalue weighted by Gasteiger charge is -2.10. The number of aliphatic carboxylic acids is 1. The Morgan fingerprint density at radius 3 is 3.07 bits per heavy atom. The Balaban J connectivity index is 2.13. The van der Waals surface area contributed by atoms with E-state index < -0.39 is 5.97 Å². The van der Waals surface area contributed by atoms with Crippen LogP contribution in [0.2, 0.25) is 0 Å². The van der Waals surface area contributed by atoms with Gasteiger partial charge in [0.1, 0.15) is 12.3 Å². The Hall–Kier alpha value is -1.52. The third-order valence-corrected chi connectivity index (χ3v) is 2.28. The molecule has 0 saturated heterocycles. The highest BCUT2D eigenvalue weighted by Gasteiger charge is 2.21. The van der Waals surface area contributed by atoms with E-state index in [1.54, 1.807) is 7.05 Å². The minimum Gasteiger partial charge on any atom is -0.480 e. The molecule has 1 N–H and O–H groups in total. The van der Waals surface area contributed by atoms with Crippen molar-refractivity contribution in [1.82, 2.24) is 4.98 Å². The van der Waals surface area contributed by atoms with E-state index in [0.717, 1.165) is 30.7 Å². The molecule has 0 bridgehead atoms. The molecule has 0 saturated carbocycles. The van der Waals surface area contributed by atoms with Crippen molar-refractivity contribution in [3.8, 4) is 0 Å². The molecular weight excluding hydrogens is 184 g/mol. The Kier molecular flexibility index (Phi) is 2.15. The van der Waals surface area contributed by atoms with Crippen molar-refractivity contribution in [2.45, 2.75) is 19.3 Å². The molecule has 76 valence electrons. The largest absolute Gasteiger partial charge is 0.480 e. The molecule has 0 fully saturated rings. The Labute approximate surface area is 81.3 Å². The van der Waals surface area contributed by atoms with Crippen LogP contribution in [0.25, 0.3) is 0 Å². The minimum atomic E-state index is -0.883. The maximum atomic E-state index is 10.4. The van der Waals surface area contributed by atoms with E-state index in [1.807, 2.05) is 0 Å². The van der Waals surface area contributed by atoms with Gasteiger partial charge in [-0.15, -0.1) is 0 Å². The summed E-state index contributed by atoms with van der Waals surface area (Å²) in [6.07, 6.45) is 2.95. The van der Waals surface area contributed by atoms with Crippen LogP contribution < -0.4 is 4.90 Å². The molecule has 0 unspecified atom stereocenters. The predicted molar refractivity (Wildman–Crippen MR) is 49.4 cm³/mol. The van der Waals surface area contributed by atoms with Gasteiger partial charge in [-0.2, -0.15) is 4.98 Å². The third kappa shape index (κ3) is 1.57. The molecule has 0 spiro atoms. The van der Waals surface area contributed by atoms with Gasteiger partial charge >= 0.3 is 5.97 Å². The summed E-state index contributed by atoms with van der Waals surface area (Å²) < 4.78 is 5.44. The molecule has 14 heavy (non-hydrogen) atoms. The van der Waals surface area contributed by atoms with E-state index in [1.165, 1.54) is 4.90 Å². The van der Waals surface area contributed by atoms with Crippen molar-refractivity contribution < 1.29 is 14.3 Å². The number of aromatic nitrogens is 1. The van der Waals surface area contributed by atoms with Gasteiger partial charge in [0.15, 0.2) is 0 Å². The number of hydrogen-bond donors (Lipinski definition) is 1. The molecule has 0 aromatic carbocycles. The number of hydrogen-bond acceptors (Lipinski definition) is 4. The Morgan fingerprint density at radius 2 is 2.43 bits per heavy atom. The number of rotatable bonds is 3. The molecule has 0 amide bonds. The van der Waals surface area contributed by atoms with Gasteiger partial charge in [0.05, 0.1) is 5.69 Å². The summed E-state index contributed by atoms with van der Waals surface area (Å²) >= 11 is 0. The summed E-state index contributed by atoms with van der Waals surface area (Å²) in [5.41, 5.74) is 0.984. The highest BCUT2D eigenvalue weighted by Crippen LogP contribution is 2.25. The number of carboxylic acids is 1. The highest BCUT2D eigenvalue weighted by molar-refractivity contribution is 5.72. The number of anilines is 1. The normalized spacial score (nSPS) is 14.1. The monoisotopic (exact) mass is 196 g/mol. The van der Waals surface area contributed by atoms with E-state index in [0.29, 0.717) is 6.01 Å². The Morgan fingerprint density at radius 1 is 1.64 bits per heavy atom. The smallest absolute Gasteiger partial charge is 0.323 e. The molecular formula is C9H12N2O3. The van der Waals surface area contributed by atoms with E-state index in [4.69, 9.17) is 9.52 Å². The topological polar surface area (TPSA) is 66.6 Å². The van der Waals surface area contributed by atoms with Crippen LogP contribution in [-0.4, -0.2) is 29.7 Å². The lowest BCUT2D eigenvalue weighted by molar-refractivity contribution is -0.135. The second-order valence-electron chi connectivity index (χ2n) is 3.47. The first-order chi connectivity index (χ1) is 6.66. The summed E-state index contributed by atoms with van der Waals surface area (Å²) in [5.74, 6) is 0.0306. The van der Waals surface area contributed by atoms with Crippen molar-refractivity contribution >= 4 is 12.0 Å². The zero-order chi connectivity index (χ0) is 10.1. The van der Waals surface area contributed by atoms with Crippen LogP contribution in [0.3, 0.4) is 0 Å². The van der Waals surface area contributed by atoms with Gasteiger partial charge in [-0.1, -0.05) is 0 Å². The molecule has 1 aliphatic rings. The fourth-order valence-corrected chi connectivity index (χ4v) is 1.61. The summed E-state index contributed by atoms with van der Waals surface area (Å²) in [6.45, 7) is -0.0839. The molecule has 0 aliphatic heterocycles. The SMILES string of the molecule is CN(CC(=O)O)c1nc2c(o1)CCC2. The average Bonchev–Trinajstić information content (AvgIpc) is 2.58. The number of oxazole rings is 1. The summed E-state index contributed by atoms with van der Waals surface area (Å²) in [7, 11) is 1.66. The first kappa shape index (κ1) is 9.05. The van der Waals surface area contributed by atoms with E-state index in [2.05, 4.69) is 4.98 Å². The van der Waals surface area contributed by atoms with Crippen LogP contribution in [0.1, 0.15) is 17.9 Å². The van der Waals surface area contributed by atoms with Crippen LogP contribution >= 0.6 is 0 Å². The summed E-state index contributed by atoms with van der Waals surface area (Å²) in [6, 6.07) is 0.414. The number of nitrogens with zero attached hydrogens (tertiary/aromatic N) is 2. The van der Waals surface area contributed by atoms with Crippen LogP contribution in [0.15, 0.2) is 4.42 Å². The zero-order valence-corrected chi connectivity index (χ0v) is 7.99. The molecule has 1 aromatic heterocycles. The third-order valence-electron chi connectivity index (χ3n) is 2.28. The quantitative estimate of drug-likeness (QED) is 0.770. The predicted octanol–water partition coefficient (Wildman–Crippen LogP) is 0.684. The van der Waals surface area contributed by atoms with Crippen molar-refractivity contribution in [1.29, 1.82) is 0 Å². The van der Waals surface area contributed by atoms with Gasteiger partial charge in [0, 0.05) is 13.5 Å². The molecule has 1 aromatic rings. The van der Waals surface area contributed by atoms with Crippen molar-refractivity contribution in [3.63, 3.8) is 0 Å². The second kappa shape index (κ2) is 3.32. The highest BCUT2D eigenvalue weighted by atomic mass is 16.4. The van der Waals surface area contributed by atoms with Gasteiger partial charge < -0.3 is 14.4 Å². The van der Waals surface area contributed by atoms with E-state index >= 15 is 0 Å². The maximum absolute atomic E-state index is 10.4. The van der Waals surface area contributed by atoms with Crippen LogP contribution in [0.4, 0.5) is 6.01 Å². The van der Waals surface area contributed by atoms with Crippen LogP contribution in [-0.2, 0) is 17.6 Å². The number of likely N-dealkylation sites (N-methyl/N-ethyl adjacent to an activating group) is 1. The number of carboxylic acid groups (broad SMARTS) is 1. The van der Waals surface area contributed by atoms with Crippen molar-refractivity contribution in [3.05, 3.63) is 11.5 Å².